The Morgan fingerprint density at radius 3 is 2.67 bits per heavy atom. The van der Waals surface area contributed by atoms with Gasteiger partial charge >= 0.3 is 0 Å². The third-order valence-electron chi connectivity index (χ3n) is 4.43. The molecule has 1 saturated heterocycles. The minimum Gasteiger partial charge on any atom is -0.368 e. The second-order valence-corrected chi connectivity index (χ2v) is 6.26. The van der Waals surface area contributed by atoms with Gasteiger partial charge in [0.1, 0.15) is 0 Å². The van der Waals surface area contributed by atoms with Crippen molar-refractivity contribution >= 4 is 21.6 Å². The number of aryl methyl sites for hydroxylation is 1. The van der Waals surface area contributed by atoms with Crippen LogP contribution in [-0.4, -0.2) is 25.7 Å². The van der Waals surface area contributed by atoms with Crippen LogP contribution in [0.15, 0.2) is 22.7 Å². The lowest BCUT2D eigenvalue weighted by atomic mass is 9.86. The molecule has 0 saturated carbocycles. The molecule has 2 rings (SSSR count). The van der Waals surface area contributed by atoms with Crippen molar-refractivity contribution in [1.29, 1.82) is 0 Å². The molecule has 0 aliphatic carbocycles. The zero-order chi connectivity index (χ0) is 13.3. The van der Waals surface area contributed by atoms with Gasteiger partial charge < -0.3 is 10.2 Å². The highest BCUT2D eigenvalue weighted by molar-refractivity contribution is 9.10. The fourth-order valence-corrected chi connectivity index (χ4v) is 3.26. The Morgan fingerprint density at radius 1 is 1.33 bits per heavy atom. The van der Waals surface area contributed by atoms with Gasteiger partial charge in [0.05, 0.1) is 0 Å². The summed E-state index contributed by atoms with van der Waals surface area (Å²) in [5.74, 6) is 0.670. The Kier molecular flexibility index (Phi) is 4.33. The molecular weight excluding hydrogens is 288 g/mol. The second kappa shape index (κ2) is 5.62. The summed E-state index contributed by atoms with van der Waals surface area (Å²) in [4.78, 5) is 2.53. The van der Waals surface area contributed by atoms with Gasteiger partial charge in [0.2, 0.25) is 0 Å². The van der Waals surface area contributed by atoms with E-state index in [4.69, 9.17) is 0 Å². The van der Waals surface area contributed by atoms with Crippen molar-refractivity contribution in [3.63, 3.8) is 0 Å². The van der Waals surface area contributed by atoms with Crippen molar-refractivity contribution < 1.29 is 0 Å². The first-order valence-corrected chi connectivity index (χ1v) is 7.54. The van der Waals surface area contributed by atoms with Gasteiger partial charge in [0.15, 0.2) is 0 Å². The average Bonchev–Trinajstić information content (AvgIpc) is 2.36. The number of nitrogens with zero attached hydrogens (tertiary/aromatic N) is 1. The maximum Gasteiger partial charge on any atom is 0.0380 e. The molecule has 0 spiro atoms. The number of piperidine rings is 1. The van der Waals surface area contributed by atoms with Crippen LogP contribution >= 0.6 is 15.9 Å². The lowest BCUT2D eigenvalue weighted by molar-refractivity contribution is 0.282. The molecule has 0 amide bonds. The zero-order valence-corrected chi connectivity index (χ0v) is 13.3. The van der Waals surface area contributed by atoms with E-state index in [1.54, 1.807) is 0 Å². The maximum atomic E-state index is 3.63. The summed E-state index contributed by atoms with van der Waals surface area (Å²) in [6, 6.07) is 7.90. The van der Waals surface area contributed by atoms with E-state index in [9.17, 15) is 0 Å². The Morgan fingerprint density at radius 2 is 2.06 bits per heavy atom. The van der Waals surface area contributed by atoms with Crippen molar-refractivity contribution in [2.45, 2.75) is 39.3 Å². The number of halogens is 1. The van der Waals surface area contributed by atoms with Crippen LogP contribution in [0.5, 0.6) is 0 Å². The van der Waals surface area contributed by atoms with Crippen LogP contribution in [0, 0.1) is 12.8 Å². The summed E-state index contributed by atoms with van der Waals surface area (Å²) in [6.45, 7) is 7.95. The van der Waals surface area contributed by atoms with Crippen LogP contribution in [0.1, 0.15) is 25.8 Å². The van der Waals surface area contributed by atoms with Crippen molar-refractivity contribution in [2.75, 3.05) is 18.5 Å². The van der Waals surface area contributed by atoms with E-state index in [0.717, 1.165) is 6.54 Å². The molecule has 1 aliphatic rings. The van der Waals surface area contributed by atoms with Crippen LogP contribution in [-0.2, 0) is 0 Å². The van der Waals surface area contributed by atoms with Crippen molar-refractivity contribution in [2.24, 2.45) is 5.92 Å². The molecular formula is C15H23BrN2. The fourth-order valence-electron chi connectivity index (χ4n) is 2.90. The molecule has 1 heterocycles. The minimum atomic E-state index is 0.575. The normalized spacial score (nSPS) is 28.5. The summed E-state index contributed by atoms with van der Waals surface area (Å²) < 4.78 is 1.20. The SMILES string of the molecule is CNC1CCN(c2ccc(C)c(Br)c2)C(C)C1C. The molecule has 1 aromatic rings. The van der Waals surface area contributed by atoms with Gasteiger partial charge in [-0.05, 0) is 50.9 Å². The lowest BCUT2D eigenvalue weighted by Gasteiger charge is -2.44. The topological polar surface area (TPSA) is 15.3 Å². The van der Waals surface area contributed by atoms with Crippen molar-refractivity contribution in [1.82, 2.24) is 5.32 Å². The Hall–Kier alpha value is -0.540. The smallest absolute Gasteiger partial charge is 0.0380 e. The van der Waals surface area contributed by atoms with E-state index in [-0.39, 0.29) is 0 Å². The maximum absolute atomic E-state index is 3.63. The lowest BCUT2D eigenvalue weighted by Crippen LogP contribution is -2.52. The highest BCUT2D eigenvalue weighted by Gasteiger charge is 2.31. The molecule has 3 heteroatoms. The number of hydrogen-bond acceptors (Lipinski definition) is 2. The fraction of sp³-hybridized carbons (Fsp3) is 0.600. The predicted octanol–water partition coefficient (Wildman–Crippen LogP) is 3.58. The molecule has 0 bridgehead atoms. The van der Waals surface area contributed by atoms with Gasteiger partial charge in [-0.3, -0.25) is 0 Å². The molecule has 100 valence electrons. The molecule has 18 heavy (non-hydrogen) atoms. The van der Waals surface area contributed by atoms with Crippen LogP contribution in [0.2, 0.25) is 0 Å². The third kappa shape index (κ3) is 2.57. The van der Waals surface area contributed by atoms with E-state index >= 15 is 0 Å². The standard InChI is InChI=1S/C15H23BrN2/c1-10-5-6-13(9-14(10)16)18-8-7-15(17-4)11(2)12(18)3/h5-6,9,11-12,15,17H,7-8H2,1-4H3. The molecule has 0 aromatic heterocycles. The van der Waals surface area contributed by atoms with Crippen LogP contribution in [0.4, 0.5) is 5.69 Å². The van der Waals surface area contributed by atoms with E-state index in [0.29, 0.717) is 18.0 Å². The van der Waals surface area contributed by atoms with Crippen LogP contribution in [0.25, 0.3) is 0 Å². The number of benzene rings is 1. The monoisotopic (exact) mass is 310 g/mol. The van der Waals surface area contributed by atoms with E-state index in [1.165, 1.54) is 22.1 Å². The Bertz CT molecular complexity index is 419. The van der Waals surface area contributed by atoms with Crippen LogP contribution < -0.4 is 10.2 Å². The highest BCUT2D eigenvalue weighted by Crippen LogP contribution is 2.31. The van der Waals surface area contributed by atoms with Gasteiger partial charge in [-0.2, -0.15) is 0 Å². The molecule has 1 fully saturated rings. The van der Waals surface area contributed by atoms with Crippen molar-refractivity contribution in [3.8, 4) is 0 Å². The van der Waals surface area contributed by atoms with Crippen molar-refractivity contribution in [3.05, 3.63) is 28.2 Å². The first-order chi connectivity index (χ1) is 8.54. The third-order valence-corrected chi connectivity index (χ3v) is 5.28. The Labute approximate surface area is 119 Å². The predicted molar refractivity (Wildman–Crippen MR) is 82.3 cm³/mol. The van der Waals surface area contributed by atoms with Gasteiger partial charge in [0, 0.05) is 28.8 Å². The summed E-state index contributed by atoms with van der Waals surface area (Å²) in [7, 11) is 2.08. The Balaban J connectivity index is 2.21. The molecule has 3 unspecified atom stereocenters. The molecule has 1 N–H and O–H groups in total. The summed E-state index contributed by atoms with van der Waals surface area (Å²) in [5, 5.41) is 3.44. The van der Waals surface area contributed by atoms with E-state index in [1.807, 2.05) is 0 Å². The molecule has 3 atom stereocenters. The first-order valence-electron chi connectivity index (χ1n) is 6.74. The molecule has 0 radical (unpaired) electrons. The number of anilines is 1. The van der Waals surface area contributed by atoms with Gasteiger partial charge in [-0.25, -0.2) is 0 Å². The summed E-state index contributed by atoms with van der Waals surface area (Å²) >= 11 is 3.63. The second-order valence-electron chi connectivity index (χ2n) is 5.41. The minimum absolute atomic E-state index is 0.575. The molecule has 1 aromatic carbocycles. The quantitative estimate of drug-likeness (QED) is 0.898. The summed E-state index contributed by atoms with van der Waals surface area (Å²) in [6.07, 6.45) is 1.22. The van der Waals surface area contributed by atoms with E-state index < -0.39 is 0 Å². The van der Waals surface area contributed by atoms with E-state index in [2.05, 4.69) is 72.2 Å². The summed E-state index contributed by atoms with van der Waals surface area (Å²) in [5.41, 5.74) is 2.63. The average molecular weight is 311 g/mol. The molecule has 2 nitrogen and oxygen atoms in total. The number of nitrogens with one attached hydrogen (secondary N) is 1. The highest BCUT2D eigenvalue weighted by atomic mass is 79.9. The van der Waals surface area contributed by atoms with Gasteiger partial charge in [-0.1, -0.05) is 28.9 Å². The zero-order valence-electron chi connectivity index (χ0n) is 11.7. The largest absolute Gasteiger partial charge is 0.368 e. The molecule has 1 aliphatic heterocycles. The van der Waals surface area contributed by atoms with Gasteiger partial charge in [0.25, 0.3) is 0 Å². The van der Waals surface area contributed by atoms with Gasteiger partial charge in [-0.15, -0.1) is 0 Å². The number of hydrogen-bond donors (Lipinski definition) is 1. The van der Waals surface area contributed by atoms with Crippen LogP contribution in [0.3, 0.4) is 0 Å². The first kappa shape index (κ1) is 13.9. The number of rotatable bonds is 2.